The molecule has 16 heavy (non-hydrogen) atoms. The molecule has 2 heteroatoms. The van der Waals surface area contributed by atoms with Gasteiger partial charge in [-0.2, -0.15) is 0 Å². The molecule has 0 amide bonds. The number of methoxy groups -OCH3 is 1. The normalized spacial score (nSPS) is 12.7. The molecule has 1 aromatic rings. The summed E-state index contributed by atoms with van der Waals surface area (Å²) in [6.45, 7) is 6.09. The van der Waals surface area contributed by atoms with Gasteiger partial charge < -0.3 is 10.1 Å². The molecule has 1 rings (SSSR count). The van der Waals surface area contributed by atoms with Gasteiger partial charge in [0.05, 0.1) is 6.61 Å². The second kappa shape index (κ2) is 7.42. The summed E-state index contributed by atoms with van der Waals surface area (Å²) in [5.74, 6) is 0. The molecule has 1 N–H and O–H groups in total. The van der Waals surface area contributed by atoms with Gasteiger partial charge in [-0.05, 0) is 30.9 Å². The van der Waals surface area contributed by atoms with Gasteiger partial charge in [0.2, 0.25) is 0 Å². The van der Waals surface area contributed by atoms with Crippen LogP contribution in [0.5, 0.6) is 0 Å². The molecule has 0 aliphatic heterocycles. The van der Waals surface area contributed by atoms with Crippen LogP contribution in [0.3, 0.4) is 0 Å². The molecule has 0 bridgehead atoms. The van der Waals surface area contributed by atoms with E-state index in [1.807, 2.05) is 0 Å². The highest BCUT2D eigenvalue weighted by molar-refractivity contribution is 5.23. The van der Waals surface area contributed by atoms with Gasteiger partial charge in [0, 0.05) is 19.7 Å². The fourth-order valence-electron chi connectivity index (χ4n) is 1.74. The minimum Gasteiger partial charge on any atom is -0.383 e. The Morgan fingerprint density at radius 3 is 2.38 bits per heavy atom. The Labute approximate surface area is 99.0 Å². The third kappa shape index (κ3) is 4.77. The van der Waals surface area contributed by atoms with Gasteiger partial charge in [-0.1, -0.05) is 31.2 Å². The van der Waals surface area contributed by atoms with Crippen molar-refractivity contribution in [3.63, 3.8) is 0 Å². The quantitative estimate of drug-likeness (QED) is 0.714. The number of aryl methyl sites for hydroxylation is 1. The molecule has 2 nitrogen and oxygen atoms in total. The highest BCUT2D eigenvalue weighted by Crippen LogP contribution is 2.07. The minimum absolute atomic E-state index is 0.502. The molecule has 0 radical (unpaired) electrons. The van der Waals surface area contributed by atoms with Crippen molar-refractivity contribution < 1.29 is 4.74 Å². The van der Waals surface area contributed by atoms with Crippen LogP contribution < -0.4 is 5.32 Å². The molecule has 90 valence electrons. The average molecular weight is 221 g/mol. The smallest absolute Gasteiger partial charge is 0.0587 e. The van der Waals surface area contributed by atoms with Crippen LogP contribution in [0.4, 0.5) is 0 Å². The van der Waals surface area contributed by atoms with Crippen molar-refractivity contribution in [3.8, 4) is 0 Å². The van der Waals surface area contributed by atoms with Gasteiger partial charge in [0.1, 0.15) is 0 Å². The van der Waals surface area contributed by atoms with Crippen LogP contribution in [-0.4, -0.2) is 26.3 Å². The molecule has 1 atom stereocenters. The zero-order chi connectivity index (χ0) is 11.8. The summed E-state index contributed by atoms with van der Waals surface area (Å²) in [5.41, 5.74) is 2.80. The molecule has 0 aliphatic rings. The lowest BCUT2D eigenvalue weighted by Crippen LogP contribution is -2.30. The third-order valence-corrected chi connectivity index (χ3v) is 2.77. The van der Waals surface area contributed by atoms with Gasteiger partial charge in [0.15, 0.2) is 0 Å². The Kier molecular flexibility index (Phi) is 6.12. The number of hydrogen-bond donors (Lipinski definition) is 1. The monoisotopic (exact) mass is 221 g/mol. The lowest BCUT2D eigenvalue weighted by molar-refractivity contribution is 0.196. The molecule has 1 aromatic carbocycles. The van der Waals surface area contributed by atoms with E-state index in [0.29, 0.717) is 6.04 Å². The van der Waals surface area contributed by atoms with Gasteiger partial charge in [-0.15, -0.1) is 0 Å². The zero-order valence-corrected chi connectivity index (χ0v) is 10.6. The molecule has 0 spiro atoms. The van der Waals surface area contributed by atoms with E-state index in [0.717, 1.165) is 26.0 Å². The maximum Gasteiger partial charge on any atom is 0.0587 e. The predicted molar refractivity (Wildman–Crippen MR) is 68.9 cm³/mol. The summed E-state index contributed by atoms with van der Waals surface area (Å²) in [6.07, 6.45) is 2.19. The Hall–Kier alpha value is -0.860. The van der Waals surface area contributed by atoms with Crippen LogP contribution in [0.2, 0.25) is 0 Å². The number of benzene rings is 1. The van der Waals surface area contributed by atoms with E-state index in [1.54, 1.807) is 7.11 Å². The third-order valence-electron chi connectivity index (χ3n) is 2.77. The molecule has 0 saturated heterocycles. The van der Waals surface area contributed by atoms with Crippen molar-refractivity contribution in [1.82, 2.24) is 5.32 Å². The first kappa shape index (κ1) is 13.2. The number of hydrogen-bond acceptors (Lipinski definition) is 2. The Balaban J connectivity index is 2.34. The fraction of sp³-hybridized carbons (Fsp3) is 0.571. The highest BCUT2D eigenvalue weighted by atomic mass is 16.5. The Morgan fingerprint density at radius 2 is 1.81 bits per heavy atom. The molecular formula is C14H23NO. The van der Waals surface area contributed by atoms with E-state index in [1.165, 1.54) is 11.1 Å². The maximum absolute atomic E-state index is 5.01. The van der Waals surface area contributed by atoms with E-state index in [-0.39, 0.29) is 0 Å². The molecule has 0 heterocycles. The molecule has 0 fully saturated rings. The van der Waals surface area contributed by atoms with Crippen molar-refractivity contribution in [2.75, 3.05) is 20.3 Å². The lowest BCUT2D eigenvalue weighted by atomic mass is 10.0. The summed E-state index contributed by atoms with van der Waals surface area (Å²) >= 11 is 0. The summed E-state index contributed by atoms with van der Waals surface area (Å²) in [7, 11) is 1.73. The average Bonchev–Trinajstić information content (AvgIpc) is 2.30. The van der Waals surface area contributed by atoms with E-state index in [4.69, 9.17) is 4.74 Å². The Morgan fingerprint density at radius 1 is 1.19 bits per heavy atom. The van der Waals surface area contributed by atoms with Crippen molar-refractivity contribution in [2.45, 2.75) is 32.7 Å². The van der Waals surface area contributed by atoms with E-state index in [2.05, 4.69) is 43.4 Å². The van der Waals surface area contributed by atoms with Crippen LogP contribution in [0.25, 0.3) is 0 Å². The largest absolute Gasteiger partial charge is 0.383 e. The van der Waals surface area contributed by atoms with Gasteiger partial charge in [-0.25, -0.2) is 0 Å². The molecule has 1 unspecified atom stereocenters. The first-order valence-electron chi connectivity index (χ1n) is 6.06. The summed E-state index contributed by atoms with van der Waals surface area (Å²) in [4.78, 5) is 0. The van der Waals surface area contributed by atoms with E-state index >= 15 is 0 Å². The van der Waals surface area contributed by atoms with Crippen LogP contribution in [-0.2, 0) is 17.6 Å². The van der Waals surface area contributed by atoms with Crippen molar-refractivity contribution in [1.29, 1.82) is 0 Å². The molecular weight excluding hydrogens is 198 g/mol. The van der Waals surface area contributed by atoms with Crippen molar-refractivity contribution >= 4 is 0 Å². The predicted octanol–water partition coefficient (Wildman–Crippen LogP) is 2.42. The fourth-order valence-corrected chi connectivity index (χ4v) is 1.74. The second-order valence-electron chi connectivity index (χ2n) is 4.22. The SMILES string of the molecule is CCc1ccc(CC(C)NCCOC)cc1. The Bertz CT molecular complexity index is 281. The molecule has 0 aliphatic carbocycles. The van der Waals surface area contributed by atoms with Crippen LogP contribution in [0, 0.1) is 0 Å². The summed E-state index contributed by atoms with van der Waals surface area (Å²) < 4.78 is 5.01. The highest BCUT2D eigenvalue weighted by Gasteiger charge is 2.02. The van der Waals surface area contributed by atoms with E-state index in [9.17, 15) is 0 Å². The first-order chi connectivity index (χ1) is 7.76. The van der Waals surface area contributed by atoms with Crippen LogP contribution >= 0.6 is 0 Å². The first-order valence-corrected chi connectivity index (χ1v) is 6.06. The standard InChI is InChI=1S/C14H23NO/c1-4-13-5-7-14(8-6-13)11-12(2)15-9-10-16-3/h5-8,12,15H,4,9-11H2,1-3H3. The minimum atomic E-state index is 0.502. The summed E-state index contributed by atoms with van der Waals surface area (Å²) in [6, 6.07) is 9.40. The van der Waals surface area contributed by atoms with Gasteiger partial charge in [-0.3, -0.25) is 0 Å². The second-order valence-corrected chi connectivity index (χ2v) is 4.22. The zero-order valence-electron chi connectivity index (χ0n) is 10.6. The number of ether oxygens (including phenoxy) is 1. The van der Waals surface area contributed by atoms with Gasteiger partial charge in [0.25, 0.3) is 0 Å². The van der Waals surface area contributed by atoms with Crippen LogP contribution in [0.1, 0.15) is 25.0 Å². The topological polar surface area (TPSA) is 21.3 Å². The maximum atomic E-state index is 5.01. The summed E-state index contributed by atoms with van der Waals surface area (Å²) in [5, 5.41) is 3.44. The molecule has 0 aromatic heterocycles. The number of nitrogens with one attached hydrogen (secondary N) is 1. The van der Waals surface area contributed by atoms with Crippen LogP contribution in [0.15, 0.2) is 24.3 Å². The molecule has 0 saturated carbocycles. The van der Waals surface area contributed by atoms with Gasteiger partial charge >= 0.3 is 0 Å². The van der Waals surface area contributed by atoms with E-state index < -0.39 is 0 Å². The van der Waals surface area contributed by atoms with Crippen molar-refractivity contribution in [2.24, 2.45) is 0 Å². The van der Waals surface area contributed by atoms with Crippen molar-refractivity contribution in [3.05, 3.63) is 35.4 Å². The lowest BCUT2D eigenvalue weighted by Gasteiger charge is -2.13. The number of rotatable bonds is 7.